The predicted octanol–water partition coefficient (Wildman–Crippen LogP) is 0.316. The molecular weight excluding hydrogens is 256 g/mol. The van der Waals surface area contributed by atoms with Gasteiger partial charge in [0.05, 0.1) is 18.8 Å². The molecule has 1 aromatic rings. The highest BCUT2D eigenvalue weighted by molar-refractivity contribution is 5.96. The molecule has 106 valence electrons. The molecule has 0 atom stereocenters. The Morgan fingerprint density at radius 3 is 2.90 bits per heavy atom. The third kappa shape index (κ3) is 3.81. The number of hydrogen-bond donors (Lipinski definition) is 2. The summed E-state index contributed by atoms with van der Waals surface area (Å²) in [5, 5.41) is 10.6. The minimum atomic E-state index is -0.224. The van der Waals surface area contributed by atoms with Crippen LogP contribution < -0.4 is 5.43 Å². The summed E-state index contributed by atoms with van der Waals surface area (Å²) in [6.45, 7) is 4.29. The number of carbonyl (C=O) groups is 1. The fourth-order valence-corrected chi connectivity index (χ4v) is 1.97. The van der Waals surface area contributed by atoms with E-state index in [1.54, 1.807) is 12.1 Å². The topological polar surface area (TPSA) is 61.8 Å². The Balaban J connectivity index is 2.16. The zero-order valence-corrected chi connectivity index (χ0v) is 11.5. The second-order valence-electron chi connectivity index (χ2n) is 4.55. The first-order valence-corrected chi connectivity index (χ1v) is 6.55. The zero-order valence-electron chi connectivity index (χ0n) is 11.5. The lowest BCUT2D eigenvalue weighted by molar-refractivity contribution is 0.0126. The Hall–Kier alpha value is -1.87. The van der Waals surface area contributed by atoms with E-state index in [1.807, 2.05) is 18.0 Å². The fraction of sp³-hybridized carbons (Fsp3) is 0.400. The number of nitrogens with zero attached hydrogens (tertiary/aromatic N) is 1. The van der Waals surface area contributed by atoms with Crippen molar-refractivity contribution < 1.29 is 14.6 Å². The van der Waals surface area contributed by atoms with Gasteiger partial charge in [0.25, 0.3) is 5.91 Å². The van der Waals surface area contributed by atoms with E-state index in [2.05, 4.69) is 17.3 Å². The number of benzene rings is 1. The van der Waals surface area contributed by atoms with Gasteiger partial charge in [0.2, 0.25) is 0 Å². The molecule has 20 heavy (non-hydrogen) atoms. The van der Waals surface area contributed by atoms with Gasteiger partial charge in [-0.05, 0) is 19.1 Å². The summed E-state index contributed by atoms with van der Waals surface area (Å²) in [5.41, 5.74) is 5.00. The maximum atomic E-state index is 12.3. The Labute approximate surface area is 118 Å². The maximum absolute atomic E-state index is 12.3. The van der Waals surface area contributed by atoms with E-state index in [-0.39, 0.29) is 12.5 Å². The van der Waals surface area contributed by atoms with Gasteiger partial charge in [0.1, 0.15) is 6.61 Å². The number of aryl methyl sites for hydroxylation is 1. The molecule has 1 fully saturated rings. The molecule has 1 aliphatic heterocycles. The van der Waals surface area contributed by atoms with E-state index in [4.69, 9.17) is 9.84 Å². The lowest BCUT2D eigenvalue weighted by Gasteiger charge is -2.27. The summed E-state index contributed by atoms with van der Waals surface area (Å²) in [6.07, 6.45) is 0. The first kappa shape index (κ1) is 14.5. The molecule has 2 N–H and O–H groups in total. The highest BCUT2D eigenvalue weighted by Gasteiger charge is 2.16. The van der Waals surface area contributed by atoms with Crippen LogP contribution in [-0.4, -0.2) is 48.9 Å². The third-order valence-electron chi connectivity index (χ3n) is 2.99. The summed E-state index contributed by atoms with van der Waals surface area (Å²) in [6, 6.07) is 5.50. The molecule has 1 aliphatic rings. The molecule has 0 radical (unpaired) electrons. The van der Waals surface area contributed by atoms with Gasteiger partial charge in [-0.15, -0.1) is 0 Å². The number of nitrogens with one attached hydrogen (secondary N) is 1. The minimum absolute atomic E-state index is 0.183. The van der Waals surface area contributed by atoms with Crippen molar-refractivity contribution in [2.45, 2.75) is 6.92 Å². The molecule has 5 heteroatoms. The number of carbonyl (C=O) groups excluding carboxylic acids is 1. The minimum Gasteiger partial charge on any atom is -0.384 e. The van der Waals surface area contributed by atoms with Crippen LogP contribution in [0.15, 0.2) is 18.2 Å². The first-order valence-electron chi connectivity index (χ1n) is 6.55. The number of aliphatic hydroxyl groups is 1. The van der Waals surface area contributed by atoms with Crippen molar-refractivity contribution in [2.24, 2.45) is 0 Å². The molecule has 2 rings (SSSR count). The van der Waals surface area contributed by atoms with Gasteiger partial charge >= 0.3 is 0 Å². The highest BCUT2D eigenvalue weighted by atomic mass is 16.5. The number of amides is 1. The Kier molecular flexibility index (Phi) is 5.13. The largest absolute Gasteiger partial charge is 0.384 e. The van der Waals surface area contributed by atoms with Gasteiger partial charge in [-0.2, -0.15) is 0 Å². The molecule has 0 bridgehead atoms. The van der Waals surface area contributed by atoms with E-state index < -0.39 is 0 Å². The second-order valence-corrected chi connectivity index (χ2v) is 4.55. The van der Waals surface area contributed by atoms with Crippen LogP contribution in [0, 0.1) is 18.8 Å². The van der Waals surface area contributed by atoms with Crippen molar-refractivity contribution in [3.8, 4) is 11.8 Å². The van der Waals surface area contributed by atoms with Gasteiger partial charge in [0, 0.05) is 18.7 Å². The lowest BCUT2D eigenvalue weighted by atomic mass is 10.0. The molecule has 1 aromatic carbocycles. The van der Waals surface area contributed by atoms with E-state index in [9.17, 15) is 4.79 Å². The molecule has 1 heterocycles. The monoisotopic (exact) mass is 274 g/mol. The summed E-state index contributed by atoms with van der Waals surface area (Å²) < 4.78 is 5.24. The van der Waals surface area contributed by atoms with Gasteiger partial charge in [-0.1, -0.05) is 23.5 Å². The molecule has 0 saturated carbocycles. The van der Waals surface area contributed by atoms with Crippen molar-refractivity contribution >= 4 is 5.91 Å². The number of aliphatic hydroxyl groups excluding tert-OH is 1. The van der Waals surface area contributed by atoms with Crippen molar-refractivity contribution in [3.63, 3.8) is 0 Å². The molecule has 0 aromatic heterocycles. The van der Waals surface area contributed by atoms with Crippen LogP contribution in [0.2, 0.25) is 0 Å². The van der Waals surface area contributed by atoms with Crippen LogP contribution in [0.25, 0.3) is 0 Å². The third-order valence-corrected chi connectivity index (χ3v) is 2.99. The van der Waals surface area contributed by atoms with Gasteiger partial charge in [0.15, 0.2) is 0 Å². The summed E-state index contributed by atoms with van der Waals surface area (Å²) in [5.74, 6) is 5.20. The smallest absolute Gasteiger partial charge is 0.266 e. The zero-order chi connectivity index (χ0) is 14.4. The van der Waals surface area contributed by atoms with Crippen molar-refractivity contribution in [2.75, 3.05) is 32.9 Å². The number of ether oxygens (including phenoxy) is 1. The molecule has 1 amide bonds. The van der Waals surface area contributed by atoms with Crippen LogP contribution in [0.5, 0.6) is 0 Å². The van der Waals surface area contributed by atoms with Crippen LogP contribution in [0.3, 0.4) is 0 Å². The summed E-state index contributed by atoms with van der Waals surface area (Å²) in [4.78, 5) is 12.3. The highest BCUT2D eigenvalue weighted by Crippen LogP contribution is 2.11. The maximum Gasteiger partial charge on any atom is 0.266 e. The standard InChI is InChI=1S/C15H18N2O3/c1-12-4-5-13(3-2-8-18)14(11-12)15(19)16-17-6-9-20-10-7-17/h4-5,11,18H,6-10H2,1H3,(H,16,19). The van der Waals surface area contributed by atoms with Gasteiger partial charge < -0.3 is 9.84 Å². The fourth-order valence-electron chi connectivity index (χ4n) is 1.97. The Morgan fingerprint density at radius 1 is 1.45 bits per heavy atom. The van der Waals surface area contributed by atoms with Crippen molar-refractivity contribution in [1.82, 2.24) is 10.4 Å². The van der Waals surface area contributed by atoms with Gasteiger partial charge in [-0.25, -0.2) is 5.01 Å². The average molecular weight is 274 g/mol. The average Bonchev–Trinajstić information content (AvgIpc) is 2.47. The Bertz CT molecular complexity index is 540. The Morgan fingerprint density at radius 2 is 2.20 bits per heavy atom. The number of hydrazine groups is 1. The molecule has 0 unspecified atom stereocenters. The number of morpholine rings is 1. The predicted molar refractivity (Wildman–Crippen MR) is 75.0 cm³/mol. The normalized spacial score (nSPS) is 15.3. The summed E-state index contributed by atoms with van der Waals surface area (Å²) >= 11 is 0. The van der Waals surface area contributed by atoms with E-state index in [0.717, 1.165) is 5.56 Å². The number of hydrogen-bond acceptors (Lipinski definition) is 4. The molecule has 1 saturated heterocycles. The van der Waals surface area contributed by atoms with E-state index in [0.29, 0.717) is 37.4 Å². The van der Waals surface area contributed by atoms with Crippen LogP contribution in [-0.2, 0) is 4.74 Å². The second kappa shape index (κ2) is 7.06. The molecule has 0 spiro atoms. The SMILES string of the molecule is Cc1ccc(C#CCO)c(C(=O)NN2CCOCC2)c1. The number of rotatable bonds is 2. The van der Waals surface area contributed by atoms with Crippen molar-refractivity contribution in [3.05, 3.63) is 34.9 Å². The van der Waals surface area contributed by atoms with Crippen LogP contribution >= 0.6 is 0 Å². The van der Waals surface area contributed by atoms with Crippen molar-refractivity contribution in [1.29, 1.82) is 0 Å². The van der Waals surface area contributed by atoms with Crippen LogP contribution in [0.1, 0.15) is 21.5 Å². The lowest BCUT2D eigenvalue weighted by Crippen LogP contribution is -2.48. The van der Waals surface area contributed by atoms with Crippen LogP contribution in [0.4, 0.5) is 0 Å². The molecular formula is C15H18N2O3. The van der Waals surface area contributed by atoms with E-state index >= 15 is 0 Å². The quantitative estimate of drug-likeness (QED) is 0.762. The molecule has 0 aliphatic carbocycles. The molecule has 5 nitrogen and oxygen atoms in total. The first-order chi connectivity index (χ1) is 9.70. The van der Waals surface area contributed by atoms with Gasteiger partial charge in [-0.3, -0.25) is 10.2 Å². The summed E-state index contributed by atoms with van der Waals surface area (Å²) in [7, 11) is 0. The van der Waals surface area contributed by atoms with E-state index in [1.165, 1.54) is 0 Å².